The van der Waals surface area contributed by atoms with Crippen molar-refractivity contribution in [3.05, 3.63) is 48.5 Å². The molecule has 4 rings (SSSR count). The third-order valence-corrected chi connectivity index (χ3v) is 5.17. The normalized spacial score (nSPS) is 21.2. The van der Waals surface area contributed by atoms with Crippen LogP contribution in [-0.4, -0.2) is 69.9 Å². The Balaban J connectivity index is 1.33. The lowest BCUT2D eigenvalue weighted by Crippen LogP contribution is -2.50. The van der Waals surface area contributed by atoms with Gasteiger partial charge in [-0.3, -0.25) is 14.7 Å². The van der Waals surface area contributed by atoms with Crippen molar-refractivity contribution in [1.82, 2.24) is 24.8 Å². The standard InChI is InChI=1S/C19H24N6O/c26-18(25-10-3-6-17(25)16-5-1-2-7-20-16)15-23-11-13-24(14-12-23)19-21-8-4-9-22-19/h1-2,4-5,7-9,17H,3,6,10-15H2/t17-/m1/s1. The second-order valence-electron chi connectivity index (χ2n) is 6.81. The van der Waals surface area contributed by atoms with Crippen molar-refractivity contribution >= 4 is 11.9 Å². The molecule has 2 fully saturated rings. The minimum Gasteiger partial charge on any atom is -0.338 e. The highest BCUT2D eigenvalue weighted by atomic mass is 16.2. The van der Waals surface area contributed by atoms with Crippen molar-refractivity contribution in [3.63, 3.8) is 0 Å². The summed E-state index contributed by atoms with van der Waals surface area (Å²) in [6.45, 7) is 4.71. The Bertz CT molecular complexity index is 717. The van der Waals surface area contributed by atoms with E-state index in [0.29, 0.717) is 6.54 Å². The molecule has 2 aromatic rings. The molecule has 0 radical (unpaired) electrons. The molecule has 2 aliphatic heterocycles. The van der Waals surface area contributed by atoms with Gasteiger partial charge in [0.15, 0.2) is 0 Å². The van der Waals surface area contributed by atoms with E-state index in [9.17, 15) is 4.79 Å². The number of likely N-dealkylation sites (tertiary alicyclic amines) is 1. The quantitative estimate of drug-likeness (QED) is 0.828. The summed E-state index contributed by atoms with van der Waals surface area (Å²) in [6, 6.07) is 7.89. The number of aromatic nitrogens is 3. The number of anilines is 1. The number of carbonyl (C=O) groups excluding carboxylic acids is 1. The average Bonchev–Trinajstić information content (AvgIpc) is 3.20. The second kappa shape index (κ2) is 7.78. The first-order valence-electron chi connectivity index (χ1n) is 9.26. The summed E-state index contributed by atoms with van der Waals surface area (Å²) in [5, 5.41) is 0. The molecule has 0 aromatic carbocycles. The van der Waals surface area contributed by atoms with Crippen LogP contribution >= 0.6 is 0 Å². The van der Waals surface area contributed by atoms with Crippen LogP contribution in [0.2, 0.25) is 0 Å². The monoisotopic (exact) mass is 352 g/mol. The Morgan fingerprint density at radius 3 is 2.46 bits per heavy atom. The van der Waals surface area contributed by atoms with Crippen molar-refractivity contribution in [2.75, 3.05) is 44.2 Å². The average molecular weight is 352 g/mol. The molecule has 2 aliphatic rings. The zero-order valence-corrected chi connectivity index (χ0v) is 14.9. The largest absolute Gasteiger partial charge is 0.338 e. The van der Waals surface area contributed by atoms with Crippen molar-refractivity contribution in [1.29, 1.82) is 0 Å². The van der Waals surface area contributed by atoms with E-state index in [0.717, 1.165) is 57.2 Å². The van der Waals surface area contributed by atoms with E-state index >= 15 is 0 Å². The number of hydrogen-bond acceptors (Lipinski definition) is 6. The van der Waals surface area contributed by atoms with Crippen molar-refractivity contribution in [2.24, 2.45) is 0 Å². The predicted molar refractivity (Wildman–Crippen MR) is 98.6 cm³/mol. The molecule has 0 N–H and O–H groups in total. The van der Waals surface area contributed by atoms with Crippen molar-refractivity contribution < 1.29 is 4.79 Å². The fraction of sp³-hybridized carbons (Fsp3) is 0.474. The van der Waals surface area contributed by atoms with E-state index < -0.39 is 0 Å². The summed E-state index contributed by atoms with van der Waals surface area (Å²) in [5.41, 5.74) is 1.00. The molecule has 1 atom stereocenters. The second-order valence-corrected chi connectivity index (χ2v) is 6.81. The Morgan fingerprint density at radius 1 is 0.962 bits per heavy atom. The smallest absolute Gasteiger partial charge is 0.237 e. The molecule has 0 aliphatic carbocycles. The Hall–Kier alpha value is -2.54. The van der Waals surface area contributed by atoms with Crippen LogP contribution in [0.15, 0.2) is 42.9 Å². The highest BCUT2D eigenvalue weighted by Crippen LogP contribution is 2.30. The SMILES string of the molecule is O=C(CN1CCN(c2ncccn2)CC1)N1CCC[C@@H]1c1ccccn1. The van der Waals surface area contributed by atoms with Gasteiger partial charge in [-0.15, -0.1) is 0 Å². The predicted octanol–water partition coefficient (Wildman–Crippen LogP) is 1.36. The Labute approximate surface area is 153 Å². The third kappa shape index (κ3) is 3.67. The summed E-state index contributed by atoms with van der Waals surface area (Å²) in [5.74, 6) is 0.982. The summed E-state index contributed by atoms with van der Waals surface area (Å²) in [6.07, 6.45) is 7.39. The molecule has 0 saturated carbocycles. The van der Waals surface area contributed by atoms with Crippen LogP contribution < -0.4 is 4.90 Å². The van der Waals surface area contributed by atoms with Crippen LogP contribution in [0.3, 0.4) is 0 Å². The maximum atomic E-state index is 12.9. The molecule has 0 spiro atoms. The molecule has 2 aromatic heterocycles. The molecule has 1 amide bonds. The van der Waals surface area contributed by atoms with Gasteiger partial charge in [0.1, 0.15) is 0 Å². The van der Waals surface area contributed by atoms with Gasteiger partial charge >= 0.3 is 0 Å². The molecular weight excluding hydrogens is 328 g/mol. The molecule has 136 valence electrons. The van der Waals surface area contributed by atoms with Crippen LogP contribution in [0, 0.1) is 0 Å². The van der Waals surface area contributed by atoms with Gasteiger partial charge in [-0.05, 0) is 31.0 Å². The molecule has 7 nitrogen and oxygen atoms in total. The zero-order chi connectivity index (χ0) is 17.8. The van der Waals surface area contributed by atoms with Crippen LogP contribution in [0.4, 0.5) is 5.95 Å². The van der Waals surface area contributed by atoms with E-state index in [1.807, 2.05) is 29.2 Å². The highest BCUT2D eigenvalue weighted by molar-refractivity contribution is 5.79. The topological polar surface area (TPSA) is 65.5 Å². The summed E-state index contributed by atoms with van der Waals surface area (Å²) in [7, 11) is 0. The maximum Gasteiger partial charge on any atom is 0.237 e. The molecule has 26 heavy (non-hydrogen) atoms. The first kappa shape index (κ1) is 16.9. The zero-order valence-electron chi connectivity index (χ0n) is 14.9. The van der Waals surface area contributed by atoms with Gasteiger partial charge < -0.3 is 9.80 Å². The molecular formula is C19H24N6O. The van der Waals surface area contributed by atoms with Gasteiger partial charge in [0.2, 0.25) is 11.9 Å². The van der Waals surface area contributed by atoms with Crippen LogP contribution in [0.25, 0.3) is 0 Å². The summed E-state index contributed by atoms with van der Waals surface area (Å²) < 4.78 is 0. The van der Waals surface area contributed by atoms with Gasteiger partial charge in [-0.1, -0.05) is 6.07 Å². The lowest BCUT2D eigenvalue weighted by atomic mass is 10.1. The fourth-order valence-electron chi connectivity index (χ4n) is 3.79. The molecule has 4 heterocycles. The van der Waals surface area contributed by atoms with Gasteiger partial charge in [-0.25, -0.2) is 9.97 Å². The van der Waals surface area contributed by atoms with Crippen LogP contribution in [-0.2, 0) is 4.79 Å². The van der Waals surface area contributed by atoms with Crippen molar-refractivity contribution in [2.45, 2.75) is 18.9 Å². The van der Waals surface area contributed by atoms with E-state index in [2.05, 4.69) is 24.8 Å². The van der Waals surface area contributed by atoms with E-state index in [1.165, 1.54) is 0 Å². The van der Waals surface area contributed by atoms with Crippen molar-refractivity contribution in [3.8, 4) is 0 Å². The first-order chi connectivity index (χ1) is 12.8. The van der Waals surface area contributed by atoms with Gasteiger partial charge in [0.25, 0.3) is 0 Å². The Morgan fingerprint density at radius 2 is 1.73 bits per heavy atom. The first-order valence-corrected chi connectivity index (χ1v) is 9.26. The molecule has 7 heteroatoms. The minimum absolute atomic E-state index is 0.128. The number of hydrogen-bond donors (Lipinski definition) is 0. The van der Waals surface area contributed by atoms with E-state index in [4.69, 9.17) is 0 Å². The van der Waals surface area contributed by atoms with Gasteiger partial charge in [-0.2, -0.15) is 0 Å². The number of piperazine rings is 1. The molecule has 2 saturated heterocycles. The van der Waals surface area contributed by atoms with Gasteiger partial charge in [0.05, 0.1) is 18.3 Å². The number of nitrogens with zero attached hydrogens (tertiary/aromatic N) is 6. The molecule has 0 unspecified atom stereocenters. The number of amides is 1. The lowest BCUT2D eigenvalue weighted by Gasteiger charge is -2.35. The number of pyridine rings is 1. The van der Waals surface area contributed by atoms with E-state index in [1.54, 1.807) is 18.6 Å². The summed E-state index contributed by atoms with van der Waals surface area (Å²) >= 11 is 0. The third-order valence-electron chi connectivity index (χ3n) is 5.17. The number of rotatable bonds is 4. The lowest BCUT2D eigenvalue weighted by molar-refractivity contribution is -0.133. The van der Waals surface area contributed by atoms with Gasteiger partial charge in [0, 0.05) is 51.3 Å². The van der Waals surface area contributed by atoms with Crippen LogP contribution in [0.5, 0.6) is 0 Å². The summed E-state index contributed by atoms with van der Waals surface area (Å²) in [4.78, 5) is 32.4. The Kier molecular flexibility index (Phi) is 5.06. The maximum absolute atomic E-state index is 12.9. The minimum atomic E-state index is 0.128. The molecule has 0 bridgehead atoms. The fourth-order valence-corrected chi connectivity index (χ4v) is 3.79. The van der Waals surface area contributed by atoms with E-state index in [-0.39, 0.29) is 11.9 Å². The van der Waals surface area contributed by atoms with Crippen LogP contribution in [0.1, 0.15) is 24.6 Å². The highest BCUT2D eigenvalue weighted by Gasteiger charge is 2.32. The number of carbonyl (C=O) groups is 1.